The van der Waals surface area contributed by atoms with E-state index in [9.17, 15) is 0 Å². The summed E-state index contributed by atoms with van der Waals surface area (Å²) >= 11 is 0. The van der Waals surface area contributed by atoms with Crippen LogP contribution in [-0.4, -0.2) is 4.98 Å². The first kappa shape index (κ1) is 5.86. The molecule has 0 spiro atoms. The lowest BCUT2D eigenvalue weighted by Crippen LogP contribution is -1.86. The molecule has 1 nitrogen and oxygen atoms in total. The largest absolute Gasteiger partial charge is 0.252 e. The number of rotatable bonds is 0. The first-order chi connectivity index (χ1) is 8.57. The summed E-state index contributed by atoms with van der Waals surface area (Å²) in [5, 5.41) is 2.63. The van der Waals surface area contributed by atoms with Gasteiger partial charge in [0.25, 0.3) is 0 Å². The second-order valence-corrected chi connectivity index (χ2v) is 3.52. The van der Waals surface area contributed by atoms with Gasteiger partial charge in [0.05, 0.1) is 5.52 Å². The maximum Gasteiger partial charge on any atom is 0.0711 e. The van der Waals surface area contributed by atoms with E-state index < -0.39 is 6.85 Å². The van der Waals surface area contributed by atoms with E-state index in [1.165, 1.54) is 0 Å². The molecular formula is C14H11N. The zero-order chi connectivity index (χ0) is 12.8. The fourth-order valence-corrected chi connectivity index (χ4v) is 1.90. The Morgan fingerprint density at radius 2 is 1.53 bits per heavy atom. The van der Waals surface area contributed by atoms with Gasteiger partial charge in [-0.25, -0.2) is 0 Å². The monoisotopic (exact) mass is 196 g/mol. The molecule has 2 aromatic carbocycles. The van der Waals surface area contributed by atoms with Crippen LogP contribution in [0.1, 0.15) is 9.81 Å². The third kappa shape index (κ3) is 1.20. The minimum atomic E-state index is -2.19. The summed E-state index contributed by atoms with van der Waals surface area (Å²) in [7, 11) is 0. The van der Waals surface area contributed by atoms with Crippen molar-refractivity contribution in [3.05, 3.63) is 54.2 Å². The maximum atomic E-state index is 7.60. The Kier molecular flexibility index (Phi) is 1.19. The molecule has 0 atom stereocenters. The van der Waals surface area contributed by atoms with Crippen LogP contribution in [-0.2, 0) is 0 Å². The Hall–Kier alpha value is -1.89. The zero-order valence-electron chi connectivity index (χ0n) is 11.1. The average molecular weight is 196 g/mol. The number of aromatic nitrogens is 1. The summed E-state index contributed by atoms with van der Waals surface area (Å²) in [4.78, 5) is 4.31. The van der Waals surface area contributed by atoms with Crippen LogP contribution in [0.25, 0.3) is 21.7 Å². The van der Waals surface area contributed by atoms with Crippen LogP contribution in [0, 0.1) is 6.85 Å². The van der Waals surface area contributed by atoms with Gasteiger partial charge in [-0.2, -0.15) is 0 Å². The molecule has 3 rings (SSSR count). The van der Waals surface area contributed by atoms with E-state index in [-0.39, 0.29) is 5.69 Å². The zero-order valence-corrected chi connectivity index (χ0v) is 8.07. The van der Waals surface area contributed by atoms with Crippen molar-refractivity contribution >= 4 is 21.7 Å². The van der Waals surface area contributed by atoms with Gasteiger partial charge in [0.15, 0.2) is 0 Å². The fraction of sp³-hybridized carbons (Fsp3) is 0.0714. The highest BCUT2D eigenvalue weighted by Gasteiger charge is 2.02. The Labute approximate surface area is 92.6 Å². The third-order valence-corrected chi connectivity index (χ3v) is 2.61. The van der Waals surface area contributed by atoms with Gasteiger partial charge in [-0.1, -0.05) is 42.5 Å². The van der Waals surface area contributed by atoms with Crippen molar-refractivity contribution in [3.63, 3.8) is 0 Å². The van der Waals surface area contributed by atoms with Crippen molar-refractivity contribution in [2.24, 2.45) is 0 Å². The number of benzene rings is 2. The summed E-state index contributed by atoms with van der Waals surface area (Å²) in [6.45, 7) is -2.19. The van der Waals surface area contributed by atoms with E-state index in [0.29, 0.717) is 5.39 Å². The molecule has 0 radical (unpaired) electrons. The van der Waals surface area contributed by atoms with Crippen molar-refractivity contribution in [1.29, 1.82) is 0 Å². The van der Waals surface area contributed by atoms with Crippen molar-refractivity contribution in [3.8, 4) is 0 Å². The maximum absolute atomic E-state index is 7.60. The minimum Gasteiger partial charge on any atom is -0.252 e. The molecule has 3 aromatic rings. The highest BCUT2D eigenvalue weighted by molar-refractivity contribution is 6.06. The van der Waals surface area contributed by atoms with Gasteiger partial charge in [0.1, 0.15) is 0 Å². The summed E-state index contributed by atoms with van der Waals surface area (Å²) in [5.41, 5.74) is 0.902. The van der Waals surface area contributed by atoms with Gasteiger partial charge in [-0.05, 0) is 18.3 Å². The Morgan fingerprint density at radius 3 is 2.33 bits per heavy atom. The van der Waals surface area contributed by atoms with Gasteiger partial charge < -0.3 is 0 Å². The predicted molar refractivity (Wildman–Crippen MR) is 64.0 cm³/mol. The minimum absolute atomic E-state index is 0.178. The molecule has 1 heteroatoms. The molecule has 0 unspecified atom stereocenters. The number of pyridine rings is 1. The molecular weight excluding hydrogens is 182 g/mol. The van der Waals surface area contributed by atoms with Gasteiger partial charge in [-0.3, -0.25) is 4.98 Å². The van der Waals surface area contributed by atoms with Crippen molar-refractivity contribution in [2.75, 3.05) is 0 Å². The second kappa shape index (κ2) is 3.06. The third-order valence-electron chi connectivity index (χ3n) is 2.61. The number of fused-ring (bicyclic) bond motifs is 3. The highest BCUT2D eigenvalue weighted by Crippen LogP contribution is 2.25. The quantitative estimate of drug-likeness (QED) is 0.500. The van der Waals surface area contributed by atoms with Crippen LogP contribution >= 0.6 is 0 Å². The Bertz CT molecular complexity index is 732. The van der Waals surface area contributed by atoms with E-state index in [1.54, 1.807) is 0 Å². The topological polar surface area (TPSA) is 12.9 Å². The first-order valence-electron chi connectivity index (χ1n) is 6.35. The lowest BCUT2D eigenvalue weighted by Gasteiger charge is -2.05. The lowest BCUT2D eigenvalue weighted by atomic mass is 10.0. The Balaban J connectivity index is 2.55. The van der Waals surface area contributed by atoms with Crippen molar-refractivity contribution < 1.29 is 4.11 Å². The lowest BCUT2D eigenvalue weighted by molar-refractivity contribution is 1.29. The number of para-hydroxylation sites is 1. The van der Waals surface area contributed by atoms with Gasteiger partial charge in [-0.15, -0.1) is 0 Å². The van der Waals surface area contributed by atoms with Gasteiger partial charge >= 0.3 is 0 Å². The summed E-state index contributed by atoms with van der Waals surface area (Å²) in [6, 6.07) is 15.1. The van der Waals surface area contributed by atoms with Crippen LogP contribution in [0.2, 0.25) is 0 Å². The molecule has 0 saturated heterocycles. The molecule has 0 amide bonds. The Morgan fingerprint density at radius 1 is 0.867 bits per heavy atom. The predicted octanol–water partition coefficient (Wildman–Crippen LogP) is 3.70. The van der Waals surface area contributed by atoms with E-state index in [4.69, 9.17) is 4.11 Å². The standard InChI is InChI=1S/C14H11N/c1-10-11-6-2-3-7-12(11)13-8-4-5-9-14(13)15-10/h2-9H,1H3/i1D3. The van der Waals surface area contributed by atoms with Gasteiger partial charge in [0, 0.05) is 20.6 Å². The summed E-state index contributed by atoms with van der Waals surface area (Å²) in [6.07, 6.45) is 0. The highest BCUT2D eigenvalue weighted by atomic mass is 14.7. The number of hydrogen-bond donors (Lipinski definition) is 0. The molecule has 72 valence electrons. The molecule has 0 saturated carbocycles. The molecule has 0 aliphatic carbocycles. The molecule has 0 N–H and O–H groups in total. The van der Waals surface area contributed by atoms with E-state index in [2.05, 4.69) is 4.98 Å². The average Bonchev–Trinajstić information content (AvgIpc) is 2.37. The van der Waals surface area contributed by atoms with E-state index in [1.807, 2.05) is 48.5 Å². The number of nitrogens with zero attached hydrogens (tertiary/aromatic N) is 1. The molecule has 1 aromatic heterocycles. The molecule has 1 heterocycles. The molecule has 0 fully saturated rings. The molecule has 0 aliphatic rings. The van der Waals surface area contributed by atoms with Gasteiger partial charge in [0.2, 0.25) is 0 Å². The van der Waals surface area contributed by atoms with Crippen LogP contribution in [0.15, 0.2) is 48.5 Å². The normalized spacial score (nSPS) is 14.8. The van der Waals surface area contributed by atoms with Crippen LogP contribution in [0.5, 0.6) is 0 Å². The smallest absolute Gasteiger partial charge is 0.0711 e. The van der Waals surface area contributed by atoms with Crippen LogP contribution < -0.4 is 0 Å². The van der Waals surface area contributed by atoms with Crippen molar-refractivity contribution in [1.82, 2.24) is 4.98 Å². The fourth-order valence-electron chi connectivity index (χ4n) is 1.90. The van der Waals surface area contributed by atoms with E-state index >= 15 is 0 Å². The van der Waals surface area contributed by atoms with Crippen LogP contribution in [0.3, 0.4) is 0 Å². The molecule has 0 bridgehead atoms. The van der Waals surface area contributed by atoms with Crippen LogP contribution in [0.4, 0.5) is 0 Å². The first-order valence-corrected chi connectivity index (χ1v) is 4.85. The number of aryl methyl sites for hydroxylation is 1. The second-order valence-electron chi connectivity index (χ2n) is 3.52. The molecule has 15 heavy (non-hydrogen) atoms. The summed E-state index contributed by atoms with van der Waals surface area (Å²) < 4.78 is 22.8. The summed E-state index contributed by atoms with van der Waals surface area (Å²) in [5.74, 6) is 0. The van der Waals surface area contributed by atoms with E-state index in [0.717, 1.165) is 16.3 Å². The SMILES string of the molecule is [2H]C([2H])([2H])c1nc2ccccc2c2ccccc12. The molecule has 0 aliphatic heterocycles. The van der Waals surface area contributed by atoms with Crippen molar-refractivity contribution in [2.45, 2.75) is 6.85 Å². The number of hydrogen-bond acceptors (Lipinski definition) is 1.